The molecule has 21 heavy (non-hydrogen) atoms. The number of carbonyl (C=O) groups excluding carboxylic acids is 1. The van der Waals surface area contributed by atoms with Crippen LogP contribution in [0.5, 0.6) is 0 Å². The number of esters is 1. The Balaban J connectivity index is 4.36. The van der Waals surface area contributed by atoms with E-state index in [1.54, 1.807) is 6.08 Å². The molecule has 0 aromatic heterocycles. The maximum atomic E-state index is 11.8. The number of aliphatic carboxylic acids is 1. The maximum Gasteiger partial charge on any atom is 0.310 e. The van der Waals surface area contributed by atoms with E-state index in [4.69, 9.17) is 20.1 Å². The van der Waals surface area contributed by atoms with Crippen molar-refractivity contribution in [1.82, 2.24) is 0 Å². The van der Waals surface area contributed by atoms with Gasteiger partial charge in [0.15, 0.2) is 0 Å². The molecule has 0 aliphatic rings. The summed E-state index contributed by atoms with van der Waals surface area (Å²) in [5, 5.41) is 26.6. The van der Waals surface area contributed by atoms with Gasteiger partial charge in [0.2, 0.25) is 0 Å². The van der Waals surface area contributed by atoms with E-state index < -0.39 is 37.2 Å². The highest BCUT2D eigenvalue weighted by atomic mass is 16.6. The maximum absolute atomic E-state index is 11.8. The van der Waals surface area contributed by atoms with Gasteiger partial charge < -0.3 is 20.1 Å². The Morgan fingerprint density at radius 2 is 1.81 bits per heavy atom. The van der Waals surface area contributed by atoms with E-state index in [0.717, 1.165) is 25.7 Å². The van der Waals surface area contributed by atoms with E-state index in [1.807, 2.05) is 6.08 Å². The second-order valence-electron chi connectivity index (χ2n) is 4.92. The Kier molecular flexibility index (Phi) is 11.5. The molecule has 0 spiro atoms. The fourth-order valence-corrected chi connectivity index (χ4v) is 1.76. The lowest BCUT2D eigenvalue weighted by Gasteiger charge is -2.17. The summed E-state index contributed by atoms with van der Waals surface area (Å²) in [7, 11) is 0. The molecule has 0 heterocycles. The summed E-state index contributed by atoms with van der Waals surface area (Å²) in [6, 6.07) is 0. The average Bonchev–Trinajstić information content (AvgIpc) is 2.46. The molecule has 122 valence electrons. The van der Waals surface area contributed by atoms with E-state index in [2.05, 4.69) is 6.92 Å². The summed E-state index contributed by atoms with van der Waals surface area (Å²) in [5.74, 6) is -2.59. The number of carbonyl (C=O) groups is 2. The van der Waals surface area contributed by atoms with E-state index >= 15 is 0 Å². The molecule has 6 nitrogen and oxygen atoms in total. The van der Waals surface area contributed by atoms with Crippen molar-refractivity contribution in [3.8, 4) is 0 Å². The highest BCUT2D eigenvalue weighted by Crippen LogP contribution is 2.14. The monoisotopic (exact) mass is 302 g/mol. The standard InChI is InChI=1S/C15H26O6/c1-2-3-4-5-6-7-8-12(9-14(18)19)15(20)21-13(10-16)11-17/h6-7,12-13,16-17H,2-5,8-11H2,1H3,(H,18,19)/b7-6+. The number of allylic oxidation sites excluding steroid dienone is 2. The molecule has 0 radical (unpaired) electrons. The van der Waals surface area contributed by atoms with Gasteiger partial charge >= 0.3 is 11.9 Å². The minimum absolute atomic E-state index is 0.279. The molecule has 0 saturated heterocycles. The van der Waals surface area contributed by atoms with E-state index in [9.17, 15) is 9.59 Å². The number of aliphatic hydroxyl groups is 2. The molecule has 0 aliphatic carbocycles. The van der Waals surface area contributed by atoms with Crippen LogP contribution in [0.2, 0.25) is 0 Å². The third-order valence-electron chi connectivity index (χ3n) is 3.01. The second kappa shape index (κ2) is 12.3. The molecule has 1 atom stereocenters. The Bertz CT molecular complexity index is 322. The quantitative estimate of drug-likeness (QED) is 0.287. The van der Waals surface area contributed by atoms with Crippen LogP contribution in [0.25, 0.3) is 0 Å². The van der Waals surface area contributed by atoms with Gasteiger partial charge in [-0.05, 0) is 19.3 Å². The summed E-state index contributed by atoms with van der Waals surface area (Å²) in [6.07, 6.45) is 6.91. The van der Waals surface area contributed by atoms with Crippen molar-refractivity contribution in [2.75, 3.05) is 13.2 Å². The van der Waals surface area contributed by atoms with Crippen molar-refractivity contribution < 1.29 is 29.6 Å². The summed E-state index contributed by atoms with van der Waals surface area (Å²) in [5.41, 5.74) is 0. The number of carboxylic acid groups (broad SMARTS) is 1. The van der Waals surface area contributed by atoms with Gasteiger partial charge in [-0.1, -0.05) is 31.9 Å². The van der Waals surface area contributed by atoms with Gasteiger partial charge in [-0.15, -0.1) is 0 Å². The van der Waals surface area contributed by atoms with Crippen molar-refractivity contribution in [2.24, 2.45) is 5.92 Å². The Labute approximate surface area is 125 Å². The Hall–Kier alpha value is -1.40. The number of aliphatic hydroxyl groups excluding tert-OH is 2. The lowest BCUT2D eigenvalue weighted by Crippen LogP contribution is -2.30. The summed E-state index contributed by atoms with van der Waals surface area (Å²) in [6.45, 7) is 1.13. The first kappa shape index (κ1) is 19.6. The van der Waals surface area contributed by atoms with Gasteiger partial charge in [0.05, 0.1) is 25.6 Å². The topological polar surface area (TPSA) is 104 Å². The van der Waals surface area contributed by atoms with Crippen LogP contribution in [-0.2, 0) is 14.3 Å². The highest BCUT2D eigenvalue weighted by molar-refractivity contribution is 5.79. The number of hydrogen-bond acceptors (Lipinski definition) is 5. The second-order valence-corrected chi connectivity index (χ2v) is 4.92. The number of carboxylic acids is 1. The van der Waals surface area contributed by atoms with Crippen LogP contribution in [-0.4, -0.2) is 46.6 Å². The minimum atomic E-state index is -1.08. The molecular weight excluding hydrogens is 276 g/mol. The molecule has 0 amide bonds. The molecule has 0 aromatic rings. The molecule has 0 aliphatic heterocycles. The largest absolute Gasteiger partial charge is 0.481 e. The molecule has 0 aromatic carbocycles. The first-order valence-electron chi connectivity index (χ1n) is 7.34. The molecule has 3 N–H and O–H groups in total. The van der Waals surface area contributed by atoms with E-state index in [0.29, 0.717) is 0 Å². The predicted octanol–water partition coefficient (Wildman–Crippen LogP) is 1.50. The lowest BCUT2D eigenvalue weighted by molar-refractivity contribution is -0.161. The minimum Gasteiger partial charge on any atom is -0.481 e. The smallest absolute Gasteiger partial charge is 0.310 e. The number of rotatable bonds is 12. The van der Waals surface area contributed by atoms with Gasteiger partial charge in [0, 0.05) is 0 Å². The summed E-state index contributed by atoms with van der Waals surface area (Å²) < 4.78 is 4.87. The predicted molar refractivity (Wildman–Crippen MR) is 77.7 cm³/mol. The fourth-order valence-electron chi connectivity index (χ4n) is 1.76. The van der Waals surface area contributed by atoms with Crippen molar-refractivity contribution in [1.29, 1.82) is 0 Å². The fraction of sp³-hybridized carbons (Fsp3) is 0.733. The lowest BCUT2D eigenvalue weighted by atomic mass is 10.0. The molecule has 0 rings (SSSR count). The normalized spacial score (nSPS) is 12.8. The van der Waals surface area contributed by atoms with Crippen LogP contribution >= 0.6 is 0 Å². The van der Waals surface area contributed by atoms with Crippen LogP contribution in [0, 0.1) is 5.92 Å². The van der Waals surface area contributed by atoms with Crippen LogP contribution in [0.3, 0.4) is 0 Å². The van der Waals surface area contributed by atoms with Gasteiger partial charge in [-0.2, -0.15) is 0 Å². The Morgan fingerprint density at radius 3 is 2.33 bits per heavy atom. The number of hydrogen-bond donors (Lipinski definition) is 3. The van der Waals surface area contributed by atoms with Crippen molar-refractivity contribution in [3.05, 3.63) is 12.2 Å². The van der Waals surface area contributed by atoms with Crippen molar-refractivity contribution >= 4 is 11.9 Å². The summed E-state index contributed by atoms with van der Waals surface area (Å²) >= 11 is 0. The third kappa shape index (κ3) is 10.0. The number of ether oxygens (including phenoxy) is 1. The van der Waals surface area contributed by atoms with Crippen molar-refractivity contribution in [2.45, 2.75) is 51.6 Å². The third-order valence-corrected chi connectivity index (χ3v) is 3.01. The molecule has 0 fully saturated rings. The SMILES string of the molecule is CCCCC/C=C/CC(CC(=O)O)C(=O)OC(CO)CO. The zero-order valence-corrected chi connectivity index (χ0v) is 12.5. The number of unbranched alkanes of at least 4 members (excludes halogenated alkanes) is 3. The average molecular weight is 302 g/mol. The van der Waals surface area contributed by atoms with Crippen LogP contribution in [0.1, 0.15) is 45.4 Å². The zero-order valence-electron chi connectivity index (χ0n) is 12.5. The first-order valence-corrected chi connectivity index (χ1v) is 7.34. The molecule has 1 unspecified atom stereocenters. The zero-order chi connectivity index (χ0) is 16.1. The molecule has 0 bridgehead atoms. The van der Waals surface area contributed by atoms with Gasteiger partial charge in [-0.3, -0.25) is 9.59 Å². The van der Waals surface area contributed by atoms with Crippen LogP contribution in [0.4, 0.5) is 0 Å². The van der Waals surface area contributed by atoms with Crippen molar-refractivity contribution in [3.63, 3.8) is 0 Å². The Morgan fingerprint density at radius 1 is 1.14 bits per heavy atom. The van der Waals surface area contributed by atoms with Gasteiger partial charge in [0.1, 0.15) is 6.10 Å². The van der Waals surface area contributed by atoms with Gasteiger partial charge in [0.25, 0.3) is 0 Å². The first-order chi connectivity index (χ1) is 10.0. The van der Waals surface area contributed by atoms with E-state index in [-0.39, 0.29) is 12.8 Å². The van der Waals surface area contributed by atoms with Gasteiger partial charge in [-0.25, -0.2) is 0 Å². The molecule has 0 saturated carbocycles. The summed E-state index contributed by atoms with van der Waals surface area (Å²) in [4.78, 5) is 22.6. The van der Waals surface area contributed by atoms with E-state index in [1.165, 1.54) is 0 Å². The van der Waals surface area contributed by atoms with Crippen LogP contribution < -0.4 is 0 Å². The highest BCUT2D eigenvalue weighted by Gasteiger charge is 2.24. The van der Waals surface area contributed by atoms with Crippen LogP contribution in [0.15, 0.2) is 12.2 Å². The molecule has 6 heteroatoms. The molecular formula is C15H26O6.